The van der Waals surface area contributed by atoms with Crippen molar-refractivity contribution in [3.63, 3.8) is 0 Å². The molecule has 1 amide bonds. The van der Waals surface area contributed by atoms with Gasteiger partial charge in [-0.3, -0.25) is 14.5 Å². The first-order valence-electron chi connectivity index (χ1n) is 9.59. The predicted octanol–water partition coefficient (Wildman–Crippen LogP) is 1.86. The minimum Gasteiger partial charge on any atom is -0.357 e. The number of amides is 1. The smallest absolute Gasteiger partial charge is 0.224 e. The van der Waals surface area contributed by atoms with Crippen molar-refractivity contribution in [2.75, 3.05) is 26.2 Å². The predicted molar refractivity (Wildman–Crippen MR) is 109 cm³/mol. The summed E-state index contributed by atoms with van der Waals surface area (Å²) in [6.45, 7) is 6.58. The number of thiophene rings is 1. The molecule has 0 spiro atoms. The molecule has 0 bridgehead atoms. The lowest BCUT2D eigenvalue weighted by molar-refractivity contribution is -0.131. The zero-order chi connectivity index (χ0) is 18.9. The number of aryl methyl sites for hydroxylation is 1. The fourth-order valence-electron chi connectivity index (χ4n) is 3.11. The number of aromatic nitrogens is 2. The van der Waals surface area contributed by atoms with E-state index < -0.39 is 0 Å². The quantitative estimate of drug-likeness (QED) is 0.411. The summed E-state index contributed by atoms with van der Waals surface area (Å²) in [4.78, 5) is 20.4. The summed E-state index contributed by atoms with van der Waals surface area (Å²) in [5.74, 6) is 0.971. The average molecular weight is 389 g/mol. The molecule has 0 fully saturated rings. The maximum absolute atomic E-state index is 12.5. The molecule has 0 saturated heterocycles. The third-order valence-electron chi connectivity index (χ3n) is 4.51. The third kappa shape index (κ3) is 5.82. The number of hydrogen-bond acceptors (Lipinski definition) is 4. The maximum Gasteiger partial charge on any atom is 0.224 e. The lowest BCUT2D eigenvalue weighted by Gasteiger charge is -2.27. The van der Waals surface area contributed by atoms with Crippen LogP contribution < -0.4 is 10.6 Å². The fraction of sp³-hybridized carbons (Fsp3) is 0.526. The van der Waals surface area contributed by atoms with E-state index in [9.17, 15) is 4.79 Å². The molecule has 2 N–H and O–H groups in total. The van der Waals surface area contributed by atoms with Gasteiger partial charge in [-0.2, -0.15) is 5.10 Å². The minimum absolute atomic E-state index is 0.203. The molecule has 0 saturated carbocycles. The number of carbonyl (C=O) groups is 1. The van der Waals surface area contributed by atoms with E-state index >= 15 is 0 Å². The van der Waals surface area contributed by atoms with E-state index in [1.54, 1.807) is 17.5 Å². The molecule has 1 aliphatic heterocycles. The van der Waals surface area contributed by atoms with Gasteiger partial charge in [0.15, 0.2) is 5.96 Å². The zero-order valence-corrected chi connectivity index (χ0v) is 16.7. The molecule has 0 aliphatic carbocycles. The van der Waals surface area contributed by atoms with E-state index in [2.05, 4.69) is 32.2 Å². The number of aliphatic imine (C=N–C) groups is 1. The van der Waals surface area contributed by atoms with Gasteiger partial charge in [0, 0.05) is 63.0 Å². The Morgan fingerprint density at radius 2 is 2.33 bits per heavy atom. The van der Waals surface area contributed by atoms with Crippen LogP contribution in [0.5, 0.6) is 0 Å². The molecule has 0 unspecified atom stereocenters. The van der Waals surface area contributed by atoms with Gasteiger partial charge in [-0.15, -0.1) is 11.3 Å². The number of rotatable bonds is 8. The van der Waals surface area contributed by atoms with Crippen LogP contribution in [0.3, 0.4) is 0 Å². The number of carbonyl (C=O) groups excluding carboxylic acids is 1. The molecule has 3 heterocycles. The standard InChI is InChI=1S/C19H28N6OS/c1-2-20-19(21-8-3-11-25-12-4-9-23-25)22-10-5-18(26)24-13-6-17-16(15-24)7-14-27-17/h4,7,9,12,14H,2-3,5-6,8,10-11,13,15H2,1H3,(H2,20,21,22). The summed E-state index contributed by atoms with van der Waals surface area (Å²) < 4.78 is 1.91. The van der Waals surface area contributed by atoms with Crippen LogP contribution in [0, 0.1) is 0 Å². The first-order chi connectivity index (χ1) is 13.3. The first kappa shape index (κ1) is 19.4. The van der Waals surface area contributed by atoms with Gasteiger partial charge in [-0.25, -0.2) is 0 Å². The van der Waals surface area contributed by atoms with Crippen LogP contribution in [-0.4, -0.2) is 52.7 Å². The molecule has 7 nitrogen and oxygen atoms in total. The first-order valence-corrected chi connectivity index (χ1v) is 10.5. The summed E-state index contributed by atoms with van der Waals surface area (Å²) >= 11 is 1.80. The van der Waals surface area contributed by atoms with Crippen LogP contribution in [0.1, 0.15) is 30.2 Å². The van der Waals surface area contributed by atoms with Crippen LogP contribution in [0.4, 0.5) is 0 Å². The highest BCUT2D eigenvalue weighted by Crippen LogP contribution is 2.24. The van der Waals surface area contributed by atoms with Crippen molar-refractivity contribution in [3.05, 3.63) is 40.3 Å². The highest BCUT2D eigenvalue weighted by molar-refractivity contribution is 7.10. The van der Waals surface area contributed by atoms with Crippen LogP contribution in [0.25, 0.3) is 0 Å². The van der Waals surface area contributed by atoms with Gasteiger partial charge in [-0.1, -0.05) is 0 Å². The van der Waals surface area contributed by atoms with Crippen molar-refractivity contribution in [1.29, 1.82) is 0 Å². The average Bonchev–Trinajstić information content (AvgIpc) is 3.35. The Morgan fingerprint density at radius 1 is 1.41 bits per heavy atom. The van der Waals surface area contributed by atoms with E-state index in [-0.39, 0.29) is 5.91 Å². The summed E-state index contributed by atoms with van der Waals surface area (Å²) in [6.07, 6.45) is 6.13. The fourth-order valence-corrected chi connectivity index (χ4v) is 4.00. The van der Waals surface area contributed by atoms with Gasteiger partial charge in [0.25, 0.3) is 0 Å². The Labute approximate surface area is 164 Å². The minimum atomic E-state index is 0.203. The molecule has 0 radical (unpaired) electrons. The maximum atomic E-state index is 12.5. The van der Waals surface area contributed by atoms with Crippen LogP contribution in [-0.2, 0) is 24.3 Å². The Morgan fingerprint density at radius 3 is 3.15 bits per heavy atom. The number of hydrogen-bond donors (Lipinski definition) is 2. The Hall–Kier alpha value is -2.35. The molecule has 3 rings (SSSR count). The van der Waals surface area contributed by atoms with Crippen LogP contribution in [0.2, 0.25) is 0 Å². The van der Waals surface area contributed by atoms with E-state index in [1.807, 2.05) is 28.8 Å². The summed E-state index contributed by atoms with van der Waals surface area (Å²) in [5.41, 5.74) is 1.31. The highest BCUT2D eigenvalue weighted by atomic mass is 32.1. The second-order valence-electron chi connectivity index (χ2n) is 6.49. The summed E-state index contributed by atoms with van der Waals surface area (Å²) in [7, 11) is 0. The van der Waals surface area contributed by atoms with Crippen LogP contribution in [0.15, 0.2) is 34.9 Å². The summed E-state index contributed by atoms with van der Waals surface area (Å²) in [6, 6.07) is 4.06. The summed E-state index contributed by atoms with van der Waals surface area (Å²) in [5, 5.41) is 12.8. The van der Waals surface area contributed by atoms with Crippen LogP contribution >= 0.6 is 11.3 Å². The second-order valence-corrected chi connectivity index (χ2v) is 7.50. The number of nitrogens with zero attached hydrogens (tertiary/aromatic N) is 4. The molecule has 0 atom stereocenters. The number of nitrogens with one attached hydrogen (secondary N) is 2. The normalized spacial score (nSPS) is 14.1. The van der Waals surface area contributed by atoms with E-state index in [0.29, 0.717) is 13.0 Å². The van der Waals surface area contributed by atoms with E-state index in [1.165, 1.54) is 10.4 Å². The lowest BCUT2D eigenvalue weighted by Crippen LogP contribution is -2.41. The second kappa shape index (κ2) is 10.1. The molecule has 0 aromatic carbocycles. The largest absolute Gasteiger partial charge is 0.357 e. The van der Waals surface area contributed by atoms with Crippen molar-refractivity contribution >= 4 is 23.2 Å². The van der Waals surface area contributed by atoms with Gasteiger partial charge >= 0.3 is 0 Å². The molecule has 27 heavy (non-hydrogen) atoms. The van der Waals surface area contributed by atoms with E-state index in [0.717, 1.165) is 51.5 Å². The molecule has 2 aromatic rings. The van der Waals surface area contributed by atoms with E-state index in [4.69, 9.17) is 0 Å². The van der Waals surface area contributed by atoms with Gasteiger partial charge < -0.3 is 15.5 Å². The molecule has 8 heteroatoms. The van der Waals surface area contributed by atoms with Gasteiger partial charge in [0.2, 0.25) is 5.91 Å². The molecule has 1 aliphatic rings. The van der Waals surface area contributed by atoms with Gasteiger partial charge in [-0.05, 0) is 42.8 Å². The van der Waals surface area contributed by atoms with Crippen molar-refractivity contribution in [1.82, 2.24) is 25.3 Å². The lowest BCUT2D eigenvalue weighted by atomic mass is 10.1. The van der Waals surface area contributed by atoms with Crippen molar-refractivity contribution < 1.29 is 4.79 Å². The van der Waals surface area contributed by atoms with Gasteiger partial charge in [0.05, 0.1) is 0 Å². The molecular weight excluding hydrogens is 360 g/mol. The molecular formula is C19H28N6OS. The monoisotopic (exact) mass is 388 g/mol. The number of fused-ring (bicyclic) bond motifs is 1. The Kier molecular flexibility index (Phi) is 7.27. The Bertz CT molecular complexity index is 739. The highest BCUT2D eigenvalue weighted by Gasteiger charge is 2.20. The van der Waals surface area contributed by atoms with Crippen molar-refractivity contribution in [2.24, 2.45) is 4.99 Å². The SMILES string of the molecule is CCNC(=NCCCn1cccn1)NCCC(=O)N1CCc2sccc2C1. The third-order valence-corrected chi connectivity index (χ3v) is 5.53. The zero-order valence-electron chi connectivity index (χ0n) is 15.9. The Balaban J connectivity index is 1.38. The molecule has 146 valence electrons. The molecule has 2 aromatic heterocycles. The number of guanidine groups is 1. The van der Waals surface area contributed by atoms with Gasteiger partial charge in [0.1, 0.15) is 0 Å². The van der Waals surface area contributed by atoms with Crippen molar-refractivity contribution in [2.45, 2.75) is 39.3 Å². The topological polar surface area (TPSA) is 74.5 Å². The van der Waals surface area contributed by atoms with Crippen molar-refractivity contribution in [3.8, 4) is 0 Å².